The second-order valence-electron chi connectivity index (χ2n) is 7.57. The minimum absolute atomic E-state index is 0.109. The number of ether oxygens (including phenoxy) is 1. The Morgan fingerprint density at radius 3 is 1.60 bits per heavy atom. The maximum atomic E-state index is 6.46. The Morgan fingerprint density at radius 2 is 1.11 bits per heavy atom. The average Bonchev–Trinajstić information content (AvgIpc) is 2.92. The second kappa shape index (κ2) is 14.3. The lowest BCUT2D eigenvalue weighted by Crippen LogP contribution is -2.27. The van der Waals surface area contributed by atoms with Gasteiger partial charge in [-0.1, -0.05) is 123 Å². The molecule has 0 saturated heterocycles. The Bertz CT molecular complexity index is 1110. The van der Waals surface area contributed by atoms with E-state index in [2.05, 4.69) is 67.6 Å². The molecule has 6 heteroatoms. The maximum Gasteiger partial charge on any atom is 0.200 e. The van der Waals surface area contributed by atoms with Crippen LogP contribution in [0.3, 0.4) is 0 Å². The summed E-state index contributed by atoms with van der Waals surface area (Å²) in [5.41, 5.74) is 0.900. The first kappa shape index (κ1) is 25.8. The van der Waals surface area contributed by atoms with E-state index in [4.69, 9.17) is 9.73 Å². The fraction of sp³-hybridized carbons (Fsp3) is 0.138. The van der Waals surface area contributed by atoms with Gasteiger partial charge in [-0.2, -0.15) is 0 Å². The van der Waals surface area contributed by atoms with Crippen molar-refractivity contribution in [1.29, 1.82) is 0 Å². The molecule has 4 aromatic rings. The van der Waals surface area contributed by atoms with Crippen LogP contribution in [-0.2, 0) is 0 Å². The zero-order chi connectivity index (χ0) is 24.1. The van der Waals surface area contributed by atoms with Gasteiger partial charge in [-0.25, -0.2) is 4.99 Å². The van der Waals surface area contributed by atoms with Gasteiger partial charge in [-0.15, -0.1) is 0 Å². The van der Waals surface area contributed by atoms with Crippen LogP contribution in [0.15, 0.2) is 136 Å². The molecule has 0 saturated carbocycles. The van der Waals surface area contributed by atoms with Gasteiger partial charge in [-0.05, 0) is 55.0 Å². The van der Waals surface area contributed by atoms with E-state index >= 15 is 0 Å². The fourth-order valence-corrected chi connectivity index (χ4v) is 9.74. The lowest BCUT2D eigenvalue weighted by Gasteiger charge is -2.26. The van der Waals surface area contributed by atoms with Crippen LogP contribution in [0.1, 0.15) is 13.3 Å². The molecule has 4 rings (SSSR count). The highest BCUT2D eigenvalue weighted by Crippen LogP contribution is 2.49. The van der Waals surface area contributed by atoms with Crippen molar-refractivity contribution in [2.45, 2.75) is 27.7 Å². The van der Waals surface area contributed by atoms with E-state index in [9.17, 15) is 0 Å². The first-order valence-electron chi connectivity index (χ1n) is 11.4. The summed E-state index contributed by atoms with van der Waals surface area (Å²) >= 11 is 0. The SMILES string of the molecule is CCC(/C(=N/c1ccccc1)Oc1ccccc1)C(SSc1ccccc1)SSc1ccccc1. The molecule has 2 nitrogen and oxygen atoms in total. The van der Waals surface area contributed by atoms with Gasteiger partial charge < -0.3 is 4.74 Å². The second-order valence-corrected chi connectivity index (χ2v) is 12.7. The molecule has 0 aromatic heterocycles. The number of hydrogen-bond donors (Lipinski definition) is 0. The van der Waals surface area contributed by atoms with Crippen LogP contribution in [0.25, 0.3) is 0 Å². The molecule has 35 heavy (non-hydrogen) atoms. The molecule has 0 heterocycles. The van der Waals surface area contributed by atoms with Crippen molar-refractivity contribution in [2.24, 2.45) is 10.9 Å². The van der Waals surface area contributed by atoms with Gasteiger partial charge in [0.15, 0.2) is 5.90 Å². The molecule has 1 unspecified atom stereocenters. The number of benzene rings is 4. The van der Waals surface area contributed by atoms with Crippen molar-refractivity contribution in [1.82, 2.24) is 0 Å². The first-order chi connectivity index (χ1) is 17.3. The molecule has 1 atom stereocenters. The van der Waals surface area contributed by atoms with E-state index in [1.807, 2.05) is 104 Å². The fourth-order valence-electron chi connectivity index (χ4n) is 3.21. The van der Waals surface area contributed by atoms with Crippen molar-refractivity contribution < 1.29 is 4.74 Å². The summed E-state index contributed by atoms with van der Waals surface area (Å²) in [6.07, 6.45) is 0.911. The van der Waals surface area contributed by atoms with Crippen molar-refractivity contribution in [3.05, 3.63) is 121 Å². The summed E-state index contributed by atoms with van der Waals surface area (Å²) in [4.78, 5) is 7.49. The van der Waals surface area contributed by atoms with Gasteiger partial charge in [0, 0.05) is 9.79 Å². The van der Waals surface area contributed by atoms with Crippen LogP contribution in [0.2, 0.25) is 0 Å². The zero-order valence-electron chi connectivity index (χ0n) is 19.4. The van der Waals surface area contributed by atoms with Crippen molar-refractivity contribution >= 4 is 54.8 Å². The Morgan fingerprint density at radius 1 is 0.657 bits per heavy atom. The normalized spacial score (nSPS) is 12.5. The van der Waals surface area contributed by atoms with Crippen LogP contribution < -0.4 is 4.74 Å². The van der Waals surface area contributed by atoms with Crippen LogP contribution in [0.4, 0.5) is 5.69 Å². The molecule has 0 aliphatic heterocycles. The van der Waals surface area contributed by atoms with Crippen LogP contribution in [0.5, 0.6) is 5.75 Å². The quantitative estimate of drug-likeness (QED) is 0.0825. The standard InChI is InChI=1S/C29H27NOS4/c1-2-27(28(30-23-15-7-3-8-16-23)31-24-17-9-4-10-18-24)29(34-32-25-19-11-5-12-20-25)35-33-26-21-13-6-14-22-26/h3-22,27,29H,2H2,1H3/b30-28-. The molecule has 0 aliphatic carbocycles. The molecule has 0 N–H and O–H groups in total. The zero-order valence-corrected chi connectivity index (χ0v) is 22.7. The molecule has 0 amide bonds. The summed E-state index contributed by atoms with van der Waals surface area (Å²) in [5.74, 6) is 1.66. The number of aliphatic imine (C=N–C) groups is 1. The van der Waals surface area contributed by atoms with Gasteiger partial charge in [0.05, 0.1) is 16.2 Å². The molecule has 0 fully saturated rings. The van der Waals surface area contributed by atoms with Crippen molar-refractivity contribution in [3.8, 4) is 5.75 Å². The third-order valence-electron chi connectivity index (χ3n) is 5.01. The maximum absolute atomic E-state index is 6.46. The van der Waals surface area contributed by atoms with E-state index in [0.717, 1.165) is 23.8 Å². The minimum atomic E-state index is 0.109. The highest BCUT2D eigenvalue weighted by atomic mass is 33.1. The van der Waals surface area contributed by atoms with Gasteiger partial charge >= 0.3 is 0 Å². The number of rotatable bonds is 11. The van der Waals surface area contributed by atoms with E-state index < -0.39 is 0 Å². The van der Waals surface area contributed by atoms with Crippen molar-refractivity contribution in [3.63, 3.8) is 0 Å². The lowest BCUT2D eigenvalue weighted by molar-refractivity contribution is 0.489. The summed E-state index contributed by atoms with van der Waals surface area (Å²) in [7, 11) is 7.37. The molecule has 0 spiro atoms. The third-order valence-corrected chi connectivity index (χ3v) is 11.5. The van der Waals surface area contributed by atoms with Gasteiger partial charge in [0.1, 0.15) is 5.75 Å². The summed E-state index contributed by atoms with van der Waals surface area (Å²) in [6.45, 7) is 2.22. The van der Waals surface area contributed by atoms with Gasteiger partial charge in [0.25, 0.3) is 0 Å². The van der Waals surface area contributed by atoms with Crippen molar-refractivity contribution in [2.75, 3.05) is 0 Å². The predicted octanol–water partition coefficient (Wildman–Crippen LogP) is 10.0. The Balaban J connectivity index is 1.62. The molecule has 4 aromatic carbocycles. The minimum Gasteiger partial charge on any atom is -0.443 e. The average molecular weight is 534 g/mol. The van der Waals surface area contributed by atoms with Gasteiger partial charge in [-0.3, -0.25) is 0 Å². The molecule has 0 aliphatic rings. The molecule has 0 radical (unpaired) electrons. The largest absolute Gasteiger partial charge is 0.443 e. The van der Waals surface area contributed by atoms with Crippen LogP contribution >= 0.6 is 43.2 Å². The number of para-hydroxylation sites is 2. The summed E-state index contributed by atoms with van der Waals surface area (Å²) < 4.78 is 6.67. The summed E-state index contributed by atoms with van der Waals surface area (Å²) in [6, 6.07) is 41.1. The Labute approximate surface area is 224 Å². The van der Waals surface area contributed by atoms with Crippen LogP contribution in [0, 0.1) is 5.92 Å². The van der Waals surface area contributed by atoms with E-state index in [-0.39, 0.29) is 10.5 Å². The predicted molar refractivity (Wildman–Crippen MR) is 158 cm³/mol. The first-order valence-corrected chi connectivity index (χ1v) is 15.9. The molecular formula is C29H27NOS4. The number of hydrogen-bond acceptors (Lipinski definition) is 6. The monoisotopic (exact) mass is 533 g/mol. The smallest absolute Gasteiger partial charge is 0.200 e. The van der Waals surface area contributed by atoms with E-state index in [1.54, 1.807) is 0 Å². The topological polar surface area (TPSA) is 21.6 Å². The van der Waals surface area contributed by atoms with Gasteiger partial charge in [0.2, 0.25) is 0 Å². The highest BCUT2D eigenvalue weighted by molar-refractivity contribution is 8.85. The highest BCUT2D eigenvalue weighted by Gasteiger charge is 2.29. The molecule has 0 bridgehead atoms. The number of nitrogens with zero attached hydrogens (tertiary/aromatic N) is 1. The third kappa shape index (κ3) is 8.43. The Hall–Kier alpha value is -2.25. The Kier molecular flexibility index (Phi) is 10.6. The lowest BCUT2D eigenvalue weighted by atomic mass is 10.1. The van der Waals surface area contributed by atoms with E-state index in [1.165, 1.54) is 9.79 Å². The summed E-state index contributed by atoms with van der Waals surface area (Å²) in [5, 5.41) is 0. The van der Waals surface area contributed by atoms with E-state index in [0.29, 0.717) is 0 Å². The molecule has 178 valence electrons. The van der Waals surface area contributed by atoms with Crippen LogP contribution in [-0.4, -0.2) is 10.5 Å². The molecular weight excluding hydrogens is 507 g/mol.